The molecule has 1 heterocycles. The average molecular weight is 541 g/mol. The van der Waals surface area contributed by atoms with Crippen molar-refractivity contribution < 1.29 is 19.0 Å². The maximum absolute atomic E-state index is 13.0. The van der Waals surface area contributed by atoms with Crippen molar-refractivity contribution in [1.82, 2.24) is 4.90 Å². The Morgan fingerprint density at radius 3 is 2.25 bits per heavy atom. The summed E-state index contributed by atoms with van der Waals surface area (Å²) in [7, 11) is 0. The predicted molar refractivity (Wildman–Crippen MR) is 158 cm³/mol. The molecule has 210 valence electrons. The molecule has 1 saturated heterocycles. The number of nitrogens with zero attached hydrogens (tertiary/aromatic N) is 2. The molecule has 1 fully saturated rings. The van der Waals surface area contributed by atoms with Crippen LogP contribution in [0.3, 0.4) is 0 Å². The van der Waals surface area contributed by atoms with Crippen LogP contribution >= 0.6 is 0 Å². The SMILES string of the molecule is CC(C)Oc1ccc(CCC2CCN(C(=O)COc3ccccc3-c3ccc(C#N)cc3)CC2)cc1OC(C)C. The average Bonchev–Trinajstić information content (AvgIpc) is 2.96. The zero-order valence-corrected chi connectivity index (χ0v) is 24.1. The molecule has 1 aliphatic rings. The fourth-order valence-corrected chi connectivity index (χ4v) is 5.03. The Morgan fingerprint density at radius 1 is 0.900 bits per heavy atom. The molecule has 0 atom stereocenters. The lowest BCUT2D eigenvalue weighted by Crippen LogP contribution is -2.41. The van der Waals surface area contributed by atoms with Gasteiger partial charge in [0.1, 0.15) is 5.75 Å². The van der Waals surface area contributed by atoms with E-state index in [0.29, 0.717) is 17.2 Å². The number of rotatable bonds is 11. The Kier molecular flexibility index (Phi) is 10.1. The molecule has 0 unspecified atom stereocenters. The number of ether oxygens (including phenoxy) is 3. The van der Waals surface area contributed by atoms with Gasteiger partial charge >= 0.3 is 0 Å². The first-order valence-corrected chi connectivity index (χ1v) is 14.3. The van der Waals surface area contributed by atoms with Crippen LogP contribution in [0.4, 0.5) is 0 Å². The van der Waals surface area contributed by atoms with Crippen LogP contribution in [0, 0.1) is 17.2 Å². The number of nitriles is 1. The summed E-state index contributed by atoms with van der Waals surface area (Å²) in [4.78, 5) is 14.9. The fourth-order valence-electron chi connectivity index (χ4n) is 5.03. The van der Waals surface area contributed by atoms with E-state index < -0.39 is 0 Å². The van der Waals surface area contributed by atoms with Gasteiger partial charge in [0, 0.05) is 18.7 Å². The number of hydrogen-bond acceptors (Lipinski definition) is 5. The first-order valence-electron chi connectivity index (χ1n) is 14.3. The van der Waals surface area contributed by atoms with Gasteiger partial charge in [-0.1, -0.05) is 36.4 Å². The molecule has 0 aromatic heterocycles. The van der Waals surface area contributed by atoms with Crippen molar-refractivity contribution in [2.24, 2.45) is 5.92 Å². The van der Waals surface area contributed by atoms with Gasteiger partial charge in [0.15, 0.2) is 18.1 Å². The topological polar surface area (TPSA) is 71.8 Å². The first kappa shape index (κ1) is 29.0. The largest absolute Gasteiger partial charge is 0.487 e. The normalized spacial score (nSPS) is 13.8. The van der Waals surface area contributed by atoms with Gasteiger partial charge in [-0.25, -0.2) is 0 Å². The molecule has 1 aliphatic heterocycles. The minimum atomic E-state index is 0.0153. The molecule has 0 radical (unpaired) electrons. The molecule has 0 spiro atoms. The highest BCUT2D eigenvalue weighted by atomic mass is 16.5. The maximum atomic E-state index is 13.0. The molecular formula is C34H40N2O4. The summed E-state index contributed by atoms with van der Waals surface area (Å²) in [5.41, 5.74) is 3.72. The van der Waals surface area contributed by atoms with Crippen LogP contribution in [0.25, 0.3) is 11.1 Å². The van der Waals surface area contributed by atoms with Crippen molar-refractivity contribution in [3.63, 3.8) is 0 Å². The van der Waals surface area contributed by atoms with E-state index in [9.17, 15) is 4.79 Å². The summed E-state index contributed by atoms with van der Waals surface area (Å²) in [5.74, 6) is 2.87. The van der Waals surface area contributed by atoms with E-state index in [2.05, 4.69) is 18.2 Å². The first-order chi connectivity index (χ1) is 19.3. The van der Waals surface area contributed by atoms with Crippen molar-refractivity contribution in [2.75, 3.05) is 19.7 Å². The number of aryl methyl sites for hydroxylation is 1. The van der Waals surface area contributed by atoms with Crippen LogP contribution in [0.5, 0.6) is 17.2 Å². The molecule has 0 aliphatic carbocycles. The van der Waals surface area contributed by atoms with E-state index in [1.165, 1.54) is 5.56 Å². The van der Waals surface area contributed by atoms with Crippen molar-refractivity contribution in [3.05, 3.63) is 77.9 Å². The summed E-state index contributed by atoms with van der Waals surface area (Å²) in [5, 5.41) is 9.06. The predicted octanol–water partition coefficient (Wildman–Crippen LogP) is 7.05. The van der Waals surface area contributed by atoms with Gasteiger partial charge in [0.05, 0.1) is 23.8 Å². The van der Waals surface area contributed by atoms with Crippen molar-refractivity contribution in [2.45, 2.75) is 65.6 Å². The van der Waals surface area contributed by atoms with E-state index >= 15 is 0 Å². The number of carbonyl (C=O) groups excluding carboxylic acids is 1. The summed E-state index contributed by atoms with van der Waals surface area (Å²) < 4.78 is 17.9. The molecule has 0 saturated carbocycles. The maximum Gasteiger partial charge on any atom is 0.260 e. The third-order valence-corrected chi connectivity index (χ3v) is 7.11. The van der Waals surface area contributed by atoms with Gasteiger partial charge in [-0.05, 0) is 101 Å². The second-order valence-corrected chi connectivity index (χ2v) is 11.0. The summed E-state index contributed by atoms with van der Waals surface area (Å²) in [6.45, 7) is 9.63. The lowest BCUT2D eigenvalue weighted by molar-refractivity contribution is -0.134. The second-order valence-electron chi connectivity index (χ2n) is 11.0. The number of piperidine rings is 1. The zero-order valence-electron chi connectivity index (χ0n) is 24.1. The van der Waals surface area contributed by atoms with Crippen molar-refractivity contribution >= 4 is 5.91 Å². The molecule has 40 heavy (non-hydrogen) atoms. The van der Waals surface area contributed by atoms with Crippen LogP contribution in [-0.4, -0.2) is 42.7 Å². The van der Waals surface area contributed by atoms with Crippen LogP contribution in [0.1, 0.15) is 58.1 Å². The van der Waals surface area contributed by atoms with E-state index in [1.54, 1.807) is 12.1 Å². The number of hydrogen-bond donors (Lipinski definition) is 0. The van der Waals surface area contributed by atoms with Gasteiger partial charge in [-0.3, -0.25) is 4.79 Å². The van der Waals surface area contributed by atoms with E-state index in [4.69, 9.17) is 19.5 Å². The number of benzene rings is 3. The highest BCUT2D eigenvalue weighted by molar-refractivity contribution is 5.78. The number of para-hydroxylation sites is 1. The Labute approximate surface area is 238 Å². The van der Waals surface area contributed by atoms with Gasteiger partial charge in [-0.15, -0.1) is 0 Å². The highest BCUT2D eigenvalue weighted by Gasteiger charge is 2.23. The second kappa shape index (κ2) is 13.9. The van der Waals surface area contributed by atoms with Gasteiger partial charge in [0.25, 0.3) is 5.91 Å². The van der Waals surface area contributed by atoms with Crippen LogP contribution in [0.15, 0.2) is 66.7 Å². The number of amides is 1. The monoisotopic (exact) mass is 540 g/mol. The standard InChI is InChI=1S/C34H40N2O4/c1-24(2)39-32-16-13-27(21-33(32)40-25(3)4)10-9-26-17-19-36(20-18-26)34(37)23-38-31-8-6-5-7-30(31)29-14-11-28(22-35)12-15-29/h5-8,11-16,21,24-26H,9-10,17-20,23H2,1-4H3. The minimum absolute atomic E-state index is 0.0153. The Hall–Kier alpha value is -3.98. The molecule has 1 amide bonds. The van der Waals surface area contributed by atoms with Crippen LogP contribution < -0.4 is 14.2 Å². The van der Waals surface area contributed by atoms with Crippen molar-refractivity contribution in [3.8, 4) is 34.4 Å². The number of likely N-dealkylation sites (tertiary alicyclic amines) is 1. The molecule has 0 bridgehead atoms. The van der Waals surface area contributed by atoms with Crippen molar-refractivity contribution in [1.29, 1.82) is 5.26 Å². The van der Waals surface area contributed by atoms with E-state index in [0.717, 1.165) is 61.4 Å². The van der Waals surface area contributed by atoms with Crippen LogP contribution in [-0.2, 0) is 11.2 Å². The smallest absolute Gasteiger partial charge is 0.260 e. The van der Waals surface area contributed by atoms with Crippen LogP contribution in [0.2, 0.25) is 0 Å². The lowest BCUT2D eigenvalue weighted by Gasteiger charge is -2.32. The molecular weight excluding hydrogens is 500 g/mol. The van der Waals surface area contributed by atoms with Gasteiger partial charge in [0.2, 0.25) is 0 Å². The summed E-state index contributed by atoms with van der Waals surface area (Å²) in [6, 6.07) is 23.5. The third-order valence-electron chi connectivity index (χ3n) is 7.11. The molecule has 6 heteroatoms. The highest BCUT2D eigenvalue weighted by Crippen LogP contribution is 2.32. The molecule has 4 rings (SSSR count). The van der Waals surface area contributed by atoms with E-state index in [-0.39, 0.29) is 24.7 Å². The summed E-state index contributed by atoms with van der Waals surface area (Å²) >= 11 is 0. The molecule has 0 N–H and O–H groups in total. The Bertz CT molecular complexity index is 1300. The molecule has 3 aromatic carbocycles. The molecule has 3 aromatic rings. The summed E-state index contributed by atoms with van der Waals surface area (Å²) in [6.07, 6.45) is 4.23. The fraction of sp³-hybridized carbons (Fsp3) is 0.412. The molecule has 6 nitrogen and oxygen atoms in total. The zero-order chi connectivity index (χ0) is 28.5. The van der Waals surface area contributed by atoms with E-state index in [1.807, 2.05) is 75.1 Å². The van der Waals surface area contributed by atoms with Gasteiger partial charge < -0.3 is 19.1 Å². The minimum Gasteiger partial charge on any atom is -0.487 e. The third kappa shape index (κ3) is 8.02. The Balaban J connectivity index is 1.26. The number of carbonyl (C=O) groups is 1. The lowest BCUT2D eigenvalue weighted by atomic mass is 9.90. The Morgan fingerprint density at radius 2 is 1.57 bits per heavy atom. The van der Waals surface area contributed by atoms with Gasteiger partial charge in [-0.2, -0.15) is 5.26 Å². The quantitative estimate of drug-likeness (QED) is 0.261.